The van der Waals surface area contributed by atoms with E-state index in [1.807, 2.05) is 20.8 Å². The van der Waals surface area contributed by atoms with Crippen molar-refractivity contribution in [1.82, 2.24) is 0 Å². The molecule has 3 aromatic carbocycles. The van der Waals surface area contributed by atoms with Gasteiger partial charge in [0.2, 0.25) is 10.0 Å². The highest BCUT2D eigenvalue weighted by molar-refractivity contribution is 7.89. The van der Waals surface area contributed by atoms with Crippen molar-refractivity contribution < 1.29 is 32.6 Å². The van der Waals surface area contributed by atoms with Gasteiger partial charge in [-0.25, -0.2) is 13.6 Å². The van der Waals surface area contributed by atoms with E-state index in [1.165, 1.54) is 36.3 Å². The number of carbonyl (C=O) groups excluding carboxylic acids is 2. The average Bonchev–Trinajstić information content (AvgIpc) is 3.17. The van der Waals surface area contributed by atoms with Crippen molar-refractivity contribution in [2.45, 2.75) is 37.1 Å². The number of rotatable bonds is 6. The van der Waals surface area contributed by atoms with Gasteiger partial charge in [-0.05, 0) is 65.6 Å². The Morgan fingerprint density at radius 1 is 0.949 bits per heavy atom. The number of anilines is 1. The maximum absolute atomic E-state index is 13.5. The fourth-order valence-electron chi connectivity index (χ4n) is 4.62. The molecule has 0 bridgehead atoms. The van der Waals surface area contributed by atoms with Gasteiger partial charge in [-0.1, -0.05) is 32.9 Å². The summed E-state index contributed by atoms with van der Waals surface area (Å²) in [5.74, 6) is -1.000. The lowest BCUT2D eigenvalue weighted by Gasteiger charge is -2.26. The summed E-state index contributed by atoms with van der Waals surface area (Å²) in [6.45, 7) is 5.99. The predicted molar refractivity (Wildman–Crippen MR) is 147 cm³/mol. The van der Waals surface area contributed by atoms with Crippen molar-refractivity contribution >= 4 is 33.2 Å². The number of ether oxygens (including phenoxy) is 2. The molecule has 1 heterocycles. The third kappa shape index (κ3) is 5.25. The molecule has 4 rings (SSSR count). The van der Waals surface area contributed by atoms with Gasteiger partial charge in [0.15, 0.2) is 0 Å². The molecule has 1 aliphatic rings. The van der Waals surface area contributed by atoms with Gasteiger partial charge in [0.1, 0.15) is 17.3 Å². The summed E-state index contributed by atoms with van der Waals surface area (Å²) in [7, 11) is -0.922. The highest BCUT2D eigenvalue weighted by Crippen LogP contribution is 2.44. The van der Waals surface area contributed by atoms with Crippen molar-refractivity contribution in [3.8, 4) is 11.5 Å². The van der Waals surface area contributed by atoms with Crippen molar-refractivity contribution in [1.29, 1.82) is 0 Å². The third-order valence-electron chi connectivity index (χ3n) is 6.58. The van der Waals surface area contributed by atoms with Crippen LogP contribution in [0.1, 0.15) is 43.5 Å². The van der Waals surface area contributed by atoms with Crippen LogP contribution in [0.4, 0.5) is 5.69 Å². The number of amides is 1. The number of methoxy groups -OCH3 is 2. The number of carbonyl (C=O) groups is 2. The van der Waals surface area contributed by atoms with Gasteiger partial charge < -0.3 is 14.6 Å². The second kappa shape index (κ2) is 10.2. The fourth-order valence-corrected chi connectivity index (χ4v) is 5.13. The number of aliphatic hydroxyl groups is 1. The van der Waals surface area contributed by atoms with Crippen molar-refractivity contribution in [3.63, 3.8) is 0 Å². The SMILES string of the molecule is COc1cccc(C2/C(=C(/O)c3ccc(OC)c(C(C)(C)C)c3)C(=O)C(=O)N2c2ccc(S(N)(=O)=O)cc2)c1. The number of hydrogen-bond donors (Lipinski definition) is 2. The van der Waals surface area contributed by atoms with E-state index in [2.05, 4.69) is 0 Å². The summed E-state index contributed by atoms with van der Waals surface area (Å²) in [5, 5.41) is 16.8. The third-order valence-corrected chi connectivity index (χ3v) is 7.51. The second-order valence-electron chi connectivity index (χ2n) is 10.1. The van der Waals surface area contributed by atoms with Crippen LogP contribution in [0.15, 0.2) is 77.2 Å². The fraction of sp³-hybridized carbons (Fsp3) is 0.241. The van der Waals surface area contributed by atoms with Crippen LogP contribution in [0.25, 0.3) is 5.76 Å². The van der Waals surface area contributed by atoms with E-state index in [0.29, 0.717) is 22.6 Å². The largest absolute Gasteiger partial charge is 0.507 e. The summed E-state index contributed by atoms with van der Waals surface area (Å²) in [5.41, 5.74) is 1.45. The zero-order valence-electron chi connectivity index (χ0n) is 22.3. The number of benzene rings is 3. The Labute approximate surface area is 227 Å². The molecule has 3 N–H and O–H groups in total. The molecule has 204 valence electrons. The Morgan fingerprint density at radius 3 is 2.18 bits per heavy atom. The average molecular weight is 551 g/mol. The van der Waals surface area contributed by atoms with Gasteiger partial charge in [0, 0.05) is 16.8 Å². The maximum Gasteiger partial charge on any atom is 0.300 e. The number of Topliss-reactive ketones (excluding diaryl/α,β-unsaturated/α-hetero) is 1. The smallest absolute Gasteiger partial charge is 0.300 e. The van der Waals surface area contributed by atoms with Crippen molar-refractivity contribution in [2.75, 3.05) is 19.1 Å². The molecule has 1 atom stereocenters. The first-order valence-corrected chi connectivity index (χ1v) is 13.6. The Bertz CT molecular complexity index is 1590. The number of nitrogens with two attached hydrogens (primary N) is 1. The van der Waals surface area contributed by atoms with E-state index in [0.717, 1.165) is 5.56 Å². The first-order valence-electron chi connectivity index (χ1n) is 12.0. The molecular formula is C29H30N2O7S. The molecule has 39 heavy (non-hydrogen) atoms. The van der Waals surface area contributed by atoms with Crippen LogP contribution < -0.4 is 19.5 Å². The molecule has 1 aliphatic heterocycles. The Morgan fingerprint density at radius 2 is 1.62 bits per heavy atom. The number of primary sulfonamides is 1. The normalized spacial score (nSPS) is 17.4. The number of nitrogens with zero attached hydrogens (tertiary/aromatic N) is 1. The lowest BCUT2D eigenvalue weighted by atomic mass is 9.84. The van der Waals surface area contributed by atoms with Gasteiger partial charge in [-0.2, -0.15) is 0 Å². The molecule has 1 amide bonds. The molecule has 0 aliphatic carbocycles. The Kier molecular flexibility index (Phi) is 7.29. The summed E-state index contributed by atoms with van der Waals surface area (Å²) in [6, 6.07) is 16.2. The van der Waals surface area contributed by atoms with Crippen molar-refractivity contribution in [3.05, 3.63) is 89.0 Å². The Balaban J connectivity index is 1.96. The standard InChI is InChI=1S/C29H30N2O7S/c1-29(2,3)22-16-18(9-14-23(22)38-5)26(32)24-25(17-7-6-8-20(15-17)37-4)31(28(34)27(24)33)19-10-12-21(13-11-19)39(30,35)36/h6-16,25,32H,1-5H3,(H2,30,35,36)/b26-24-. The number of sulfonamides is 1. The molecule has 10 heteroatoms. The van der Waals surface area contributed by atoms with Crippen LogP contribution in [-0.2, 0) is 25.0 Å². The minimum Gasteiger partial charge on any atom is -0.507 e. The van der Waals surface area contributed by atoms with Gasteiger partial charge >= 0.3 is 0 Å². The lowest BCUT2D eigenvalue weighted by Crippen LogP contribution is -2.29. The van der Waals surface area contributed by atoms with E-state index in [1.54, 1.807) is 49.6 Å². The predicted octanol–water partition coefficient (Wildman–Crippen LogP) is 4.28. The quantitative estimate of drug-likeness (QED) is 0.266. The maximum atomic E-state index is 13.5. The van der Waals surface area contributed by atoms with Gasteiger partial charge in [-0.3, -0.25) is 14.5 Å². The summed E-state index contributed by atoms with van der Waals surface area (Å²) < 4.78 is 34.4. The Hall–Kier alpha value is -4.15. The summed E-state index contributed by atoms with van der Waals surface area (Å²) in [4.78, 5) is 28.0. The molecule has 0 radical (unpaired) electrons. The van der Waals surface area contributed by atoms with Gasteiger partial charge in [0.25, 0.3) is 11.7 Å². The monoisotopic (exact) mass is 550 g/mol. The highest BCUT2D eigenvalue weighted by atomic mass is 32.2. The molecule has 1 unspecified atom stereocenters. The van der Waals surface area contributed by atoms with Crippen LogP contribution in [0, 0.1) is 0 Å². The minimum atomic E-state index is -3.97. The van der Waals surface area contributed by atoms with Crippen LogP contribution in [0.2, 0.25) is 0 Å². The molecule has 9 nitrogen and oxygen atoms in total. The van der Waals surface area contributed by atoms with E-state index in [-0.39, 0.29) is 27.3 Å². The number of hydrogen-bond acceptors (Lipinski definition) is 7. The van der Waals surface area contributed by atoms with Gasteiger partial charge in [-0.15, -0.1) is 0 Å². The highest BCUT2D eigenvalue weighted by Gasteiger charge is 2.47. The first-order chi connectivity index (χ1) is 18.3. The van der Waals surface area contributed by atoms with Crippen LogP contribution >= 0.6 is 0 Å². The van der Waals surface area contributed by atoms with Crippen LogP contribution in [-0.4, -0.2) is 39.4 Å². The van der Waals surface area contributed by atoms with Crippen molar-refractivity contribution in [2.24, 2.45) is 5.14 Å². The van der Waals surface area contributed by atoms with Gasteiger partial charge in [0.05, 0.1) is 30.7 Å². The van der Waals surface area contributed by atoms with Crippen LogP contribution in [0.3, 0.4) is 0 Å². The van der Waals surface area contributed by atoms with E-state index in [4.69, 9.17) is 14.6 Å². The molecule has 1 fully saturated rings. The van der Waals surface area contributed by atoms with Crippen LogP contribution in [0.5, 0.6) is 11.5 Å². The topological polar surface area (TPSA) is 136 Å². The molecular weight excluding hydrogens is 520 g/mol. The zero-order valence-corrected chi connectivity index (χ0v) is 23.1. The molecule has 0 spiro atoms. The second-order valence-corrected chi connectivity index (χ2v) is 11.7. The first kappa shape index (κ1) is 27.9. The molecule has 0 saturated carbocycles. The van der Waals surface area contributed by atoms with E-state index < -0.39 is 27.8 Å². The summed E-state index contributed by atoms with van der Waals surface area (Å²) >= 11 is 0. The molecule has 0 aromatic heterocycles. The van der Waals surface area contributed by atoms with E-state index in [9.17, 15) is 23.1 Å². The zero-order chi connectivity index (χ0) is 28.7. The lowest BCUT2D eigenvalue weighted by molar-refractivity contribution is -0.132. The summed E-state index contributed by atoms with van der Waals surface area (Å²) in [6.07, 6.45) is 0. The minimum absolute atomic E-state index is 0.117. The van der Waals surface area contributed by atoms with E-state index >= 15 is 0 Å². The number of aliphatic hydroxyl groups excluding tert-OH is 1. The molecule has 1 saturated heterocycles. The number of ketones is 1. The molecule has 3 aromatic rings.